The molecule has 22 nitrogen and oxygen atoms in total. The summed E-state index contributed by atoms with van der Waals surface area (Å²) in [6.45, 7) is 19.5. The van der Waals surface area contributed by atoms with Crippen LogP contribution in [0.4, 0.5) is 31.4 Å². The van der Waals surface area contributed by atoms with Gasteiger partial charge in [0.25, 0.3) is 0 Å². The predicted molar refractivity (Wildman–Crippen MR) is 411 cm³/mol. The number of carbonyl (C=O) groups excluding carboxylic acids is 4. The fourth-order valence-corrected chi connectivity index (χ4v) is 17.7. The number of ether oxygens (including phenoxy) is 6. The highest BCUT2D eigenvalue weighted by Gasteiger charge is 2.46. The monoisotopic (exact) mass is 1440 g/mol. The van der Waals surface area contributed by atoms with Gasteiger partial charge in [0.1, 0.15) is 23.8 Å². The molecule has 9 aromatic rings. The summed E-state index contributed by atoms with van der Waals surface area (Å²) in [5.41, 5.74) is 16.4. The highest BCUT2D eigenvalue weighted by molar-refractivity contribution is 5.98. The van der Waals surface area contributed by atoms with Crippen molar-refractivity contribution in [3.8, 4) is 0 Å². The quantitative estimate of drug-likeness (QED) is 0.0794. The number of fused-ring (bicyclic) bond motifs is 9. The summed E-state index contributed by atoms with van der Waals surface area (Å²) in [7, 11) is 4.30. The van der Waals surface area contributed by atoms with Gasteiger partial charge in [0.05, 0.1) is 115 Å². The Balaban J connectivity index is 0.000000121. The second-order valence-corrected chi connectivity index (χ2v) is 30.5. The normalized spacial score (nSPS) is 23.5. The van der Waals surface area contributed by atoms with E-state index in [9.17, 15) is 19.2 Å². The molecule has 9 aliphatic heterocycles. The van der Waals surface area contributed by atoms with E-state index in [1.54, 1.807) is 14.7 Å². The molecule has 9 aliphatic rings. The van der Waals surface area contributed by atoms with Gasteiger partial charge in [-0.2, -0.15) is 0 Å². The first kappa shape index (κ1) is 72.5. The van der Waals surface area contributed by atoms with Crippen molar-refractivity contribution in [1.82, 2.24) is 43.8 Å². The van der Waals surface area contributed by atoms with E-state index in [2.05, 4.69) is 135 Å². The number of nitrogens with zero attached hydrogens (tertiary/aromatic N) is 11. The highest BCUT2D eigenvalue weighted by Crippen LogP contribution is 2.43. The van der Waals surface area contributed by atoms with E-state index in [0.29, 0.717) is 12.0 Å². The minimum absolute atomic E-state index is 0.0678. The van der Waals surface area contributed by atoms with E-state index < -0.39 is 0 Å². The number of hydrogen-bond donors (Lipinski definition) is 1. The average Bonchev–Trinajstić information content (AvgIpc) is 1.25. The number of aldehydes is 1. The number of amides is 3. The molecule has 3 aromatic heterocycles. The lowest BCUT2D eigenvalue weighted by Gasteiger charge is -2.38. The molecular formula is C84H102N12O10. The third kappa shape index (κ3) is 14.7. The Morgan fingerprint density at radius 1 is 0.462 bits per heavy atom. The number of benzene rings is 6. The van der Waals surface area contributed by atoms with Crippen LogP contribution in [0.5, 0.6) is 0 Å². The topological polar surface area (TPSA) is 205 Å². The first-order chi connectivity index (χ1) is 51.7. The first-order valence-electron chi connectivity index (χ1n) is 38.5. The third-order valence-electron chi connectivity index (χ3n) is 23.9. The smallest absolute Gasteiger partial charge is 0.414 e. The van der Waals surface area contributed by atoms with Crippen molar-refractivity contribution < 1.29 is 47.6 Å². The van der Waals surface area contributed by atoms with Crippen molar-refractivity contribution in [2.45, 2.75) is 172 Å². The zero-order chi connectivity index (χ0) is 73.1. The Morgan fingerprint density at radius 2 is 0.811 bits per heavy atom. The summed E-state index contributed by atoms with van der Waals surface area (Å²) >= 11 is 0. The van der Waals surface area contributed by atoms with Crippen LogP contribution in [-0.4, -0.2) is 191 Å². The average molecular weight is 1440 g/mol. The van der Waals surface area contributed by atoms with Gasteiger partial charge in [0.15, 0.2) is 0 Å². The van der Waals surface area contributed by atoms with E-state index in [4.69, 9.17) is 43.4 Å². The summed E-state index contributed by atoms with van der Waals surface area (Å²) in [4.78, 5) is 74.5. The minimum Gasteiger partial charge on any atom is -0.452 e. The number of anilines is 3. The Morgan fingerprint density at radius 3 is 1.10 bits per heavy atom. The summed E-state index contributed by atoms with van der Waals surface area (Å²) in [5.74, 6) is 3.01. The number of nitrogens with one attached hydrogen (secondary N) is 1. The van der Waals surface area contributed by atoms with Crippen LogP contribution in [0.1, 0.15) is 129 Å². The van der Waals surface area contributed by atoms with Crippen LogP contribution in [0.3, 0.4) is 0 Å². The molecule has 22 heteroatoms. The number of hydrogen-bond acceptors (Lipinski definition) is 16. The van der Waals surface area contributed by atoms with Gasteiger partial charge >= 0.3 is 18.3 Å². The minimum atomic E-state index is -0.357. The van der Waals surface area contributed by atoms with Crippen molar-refractivity contribution >= 4 is 74.7 Å². The number of carbonyl (C=O) groups is 4. The number of imidazole rings is 3. The molecule has 558 valence electrons. The molecule has 0 saturated carbocycles. The molecule has 106 heavy (non-hydrogen) atoms. The van der Waals surface area contributed by atoms with Gasteiger partial charge in [-0.3, -0.25) is 24.5 Å². The third-order valence-corrected chi connectivity index (χ3v) is 23.9. The second-order valence-electron chi connectivity index (χ2n) is 30.5. The molecule has 6 aromatic carbocycles. The van der Waals surface area contributed by atoms with Crippen LogP contribution in [0, 0.1) is 0 Å². The van der Waals surface area contributed by atoms with Gasteiger partial charge in [-0.1, -0.05) is 91.0 Å². The van der Waals surface area contributed by atoms with Gasteiger partial charge in [-0.25, -0.2) is 29.3 Å². The molecule has 0 radical (unpaired) electrons. The van der Waals surface area contributed by atoms with Crippen LogP contribution in [0.15, 0.2) is 127 Å². The van der Waals surface area contributed by atoms with E-state index in [1.165, 1.54) is 58.1 Å². The Kier molecular flexibility index (Phi) is 21.5. The van der Waals surface area contributed by atoms with Crippen molar-refractivity contribution in [1.29, 1.82) is 0 Å². The molecule has 12 heterocycles. The molecule has 3 amide bonds. The van der Waals surface area contributed by atoms with E-state index in [0.717, 1.165) is 246 Å². The van der Waals surface area contributed by atoms with Gasteiger partial charge in [0, 0.05) is 132 Å². The summed E-state index contributed by atoms with van der Waals surface area (Å²) in [5, 5.41) is 3.29. The van der Waals surface area contributed by atoms with E-state index in [1.807, 2.05) is 41.8 Å². The second kappa shape index (κ2) is 31.4. The molecule has 1 N–H and O–H groups in total. The highest BCUT2D eigenvalue weighted by atomic mass is 16.6. The van der Waals surface area contributed by atoms with Gasteiger partial charge in [0.2, 0.25) is 0 Å². The first-order valence-corrected chi connectivity index (χ1v) is 38.5. The molecule has 6 saturated heterocycles. The lowest BCUT2D eigenvalue weighted by atomic mass is 9.94. The van der Waals surface area contributed by atoms with Crippen LogP contribution < -0.4 is 20.0 Å². The maximum Gasteiger partial charge on any atom is 0.414 e. The van der Waals surface area contributed by atoms with Gasteiger partial charge in [-0.05, 0) is 138 Å². The fourth-order valence-electron chi connectivity index (χ4n) is 17.7. The van der Waals surface area contributed by atoms with Gasteiger partial charge < -0.3 is 52.2 Å². The Labute approximate surface area is 621 Å². The van der Waals surface area contributed by atoms with E-state index >= 15 is 0 Å². The molecule has 18 rings (SSSR count). The number of likely N-dealkylation sites (tertiary alicyclic amines) is 2. The standard InChI is InChI=1S/2C28H34N4O3.C22H23N3O3.C6H11NO/c2*1-20-8-9-22-23(32(20)27(33)34-2)10-11-24-26(22)29-25(18-21-6-4-3-5-7-21)31(24)16-15-30-14-12-28(19-30)13-17-35-28;1-15-8-9-17-18(25(15)22(27)28-2)10-11-19-21(17)23-20(24(19)12-13-26)14-16-6-4-3-5-7-16;1-3-7-5-6(1)2-4-8-6/h2*3-7,10-11,20H,8-9,12-19H2,1-2H3;3-7,10-11,13,15H,8-9,12,14H2,1-2H3;7H,1-5H2/t20-,28+;20-,28-;15-;/m000./s1. The number of aryl methyl sites for hydroxylation is 3. The Bertz CT molecular complexity index is 4420. The largest absolute Gasteiger partial charge is 0.452 e. The number of aromatic nitrogens is 6. The van der Waals surface area contributed by atoms with Crippen molar-refractivity contribution in [2.75, 3.05) is 108 Å². The molecule has 3 spiro atoms. The van der Waals surface area contributed by atoms with Crippen LogP contribution in [0.25, 0.3) is 33.1 Å². The molecular weight excluding hydrogens is 1340 g/mol. The van der Waals surface area contributed by atoms with Crippen molar-refractivity contribution in [2.24, 2.45) is 0 Å². The molecule has 0 aliphatic carbocycles. The zero-order valence-corrected chi connectivity index (χ0v) is 62.4. The Hall–Kier alpha value is -9.03. The molecule has 6 fully saturated rings. The zero-order valence-electron chi connectivity index (χ0n) is 62.4. The summed E-state index contributed by atoms with van der Waals surface area (Å²) in [6.07, 6.45) is 14.6. The summed E-state index contributed by atoms with van der Waals surface area (Å²) < 4.78 is 39.2. The fraction of sp³-hybridized carbons (Fsp3) is 0.488. The molecule has 1 unspecified atom stereocenters. The molecule has 6 atom stereocenters. The maximum atomic E-state index is 12.6. The lowest BCUT2D eigenvalue weighted by Crippen LogP contribution is -2.46. The van der Waals surface area contributed by atoms with Crippen LogP contribution in [0.2, 0.25) is 0 Å². The maximum absolute atomic E-state index is 12.6. The van der Waals surface area contributed by atoms with Crippen LogP contribution in [-0.2, 0) is 91.4 Å². The van der Waals surface area contributed by atoms with Crippen molar-refractivity contribution in [3.63, 3.8) is 0 Å². The van der Waals surface area contributed by atoms with Crippen LogP contribution >= 0.6 is 0 Å². The van der Waals surface area contributed by atoms with E-state index in [-0.39, 0.29) is 54.2 Å². The lowest BCUT2D eigenvalue weighted by molar-refractivity contribution is -0.137. The number of methoxy groups -OCH3 is 3. The summed E-state index contributed by atoms with van der Waals surface area (Å²) in [6, 6.07) is 43.8. The number of rotatable bonds is 14. The predicted octanol–water partition coefficient (Wildman–Crippen LogP) is 12.7. The van der Waals surface area contributed by atoms with Gasteiger partial charge in [-0.15, -0.1) is 0 Å². The van der Waals surface area contributed by atoms with Crippen molar-refractivity contribution in [3.05, 3.63) is 178 Å². The molecule has 0 bridgehead atoms. The SMILES string of the molecule is C1CC2(CCO2)CN1.COC(=O)N1c2ccc3c(nc(Cc4ccccc4)n3CC=O)c2CC[C@@H]1C.COC(=O)N1c2ccc3c(nc(Cc4ccccc4)n3CCN3CC[C@@]4(CCO4)C3)c2CC[C@@H]1C.COC(=O)N1c2ccc3c(nc(Cc4ccccc4)n3CCN3CC[C@]4(CCO4)C3)c2CC[C@@H]1C.